The van der Waals surface area contributed by atoms with Gasteiger partial charge in [-0.1, -0.05) is 64.2 Å². The van der Waals surface area contributed by atoms with E-state index in [9.17, 15) is 19.2 Å². The molecule has 2 fully saturated rings. The Morgan fingerprint density at radius 1 is 0.647 bits per heavy atom. The third kappa shape index (κ3) is 15.7. The summed E-state index contributed by atoms with van der Waals surface area (Å²) in [5.41, 5.74) is -0.186. The molecule has 1 aliphatic heterocycles. The average Bonchev–Trinajstić information content (AvgIpc) is 3.58. The maximum absolute atomic E-state index is 11.9. The smallest absolute Gasteiger partial charge is 0.312 e. The number of carboxylic acids is 2. The second kappa shape index (κ2) is 18.2. The number of ether oxygens (including phenoxy) is 2. The Morgan fingerprint density at radius 3 is 1.65 bits per heavy atom. The van der Waals surface area contributed by atoms with Gasteiger partial charge >= 0.3 is 23.9 Å². The Balaban J connectivity index is 0.000000344. The number of carbonyl (C=O) groups is 4. The van der Waals surface area contributed by atoms with Gasteiger partial charge in [-0.15, -0.1) is 0 Å². The number of cyclic esters (lactones) is 2. The number of carbonyl (C=O) groups excluding carboxylic acids is 2. The van der Waals surface area contributed by atoms with Crippen molar-refractivity contribution in [2.24, 2.45) is 5.41 Å². The fraction of sp³-hybridized carbons (Fsp3) is 0.846. The van der Waals surface area contributed by atoms with Crippen LogP contribution in [0.5, 0.6) is 0 Å². The topological polar surface area (TPSA) is 127 Å². The Bertz CT molecular complexity index is 590. The highest BCUT2D eigenvalue weighted by molar-refractivity contribution is 5.79. The van der Waals surface area contributed by atoms with Crippen molar-refractivity contribution in [1.29, 1.82) is 0 Å². The molecule has 0 unspecified atom stereocenters. The largest absolute Gasteiger partial charge is 0.481 e. The molecule has 196 valence electrons. The van der Waals surface area contributed by atoms with E-state index in [0.29, 0.717) is 6.42 Å². The Kier molecular flexibility index (Phi) is 16.0. The monoisotopic (exact) mass is 484 g/mol. The number of rotatable bonds is 11. The van der Waals surface area contributed by atoms with Crippen LogP contribution >= 0.6 is 0 Å². The van der Waals surface area contributed by atoms with E-state index in [2.05, 4.69) is 0 Å². The Hall–Kier alpha value is -2.12. The van der Waals surface area contributed by atoms with Gasteiger partial charge in [-0.25, -0.2) is 0 Å². The zero-order valence-electron chi connectivity index (χ0n) is 20.7. The molecule has 1 spiro atoms. The molecule has 1 saturated heterocycles. The molecule has 8 heteroatoms. The second-order valence-corrected chi connectivity index (χ2v) is 9.52. The van der Waals surface area contributed by atoms with Crippen LogP contribution in [-0.2, 0) is 28.7 Å². The van der Waals surface area contributed by atoms with Crippen LogP contribution in [0.3, 0.4) is 0 Å². The standard InChI is InChI=1S/C14H22O4.C12H22O4/c15-12-6-4-2-1-3-5-7-14(8-9-14)13(16)18-11-10-17-12;13-11(14)9-7-5-3-1-2-4-6-8-10-12(15)16/h1-11H2;1-10H2,(H,13,14)(H,15,16). The summed E-state index contributed by atoms with van der Waals surface area (Å²) in [6.07, 6.45) is 17.2. The highest BCUT2D eigenvalue weighted by atomic mass is 16.6. The molecular formula is C26H44O8. The highest BCUT2D eigenvalue weighted by Gasteiger charge is 2.50. The van der Waals surface area contributed by atoms with Gasteiger partial charge in [0.15, 0.2) is 0 Å². The SMILES string of the molecule is O=C(O)CCCCCCCCCCC(=O)O.O=C1CCCCCCCC2(CC2)C(=O)OCCO1. The van der Waals surface area contributed by atoms with E-state index in [1.54, 1.807) is 0 Å². The molecule has 0 amide bonds. The van der Waals surface area contributed by atoms with E-state index < -0.39 is 11.9 Å². The van der Waals surface area contributed by atoms with E-state index in [0.717, 1.165) is 103 Å². The van der Waals surface area contributed by atoms with E-state index >= 15 is 0 Å². The van der Waals surface area contributed by atoms with Crippen molar-refractivity contribution in [3.8, 4) is 0 Å². The molecule has 1 aliphatic carbocycles. The number of hydrogen-bond acceptors (Lipinski definition) is 6. The van der Waals surface area contributed by atoms with Crippen LogP contribution in [-0.4, -0.2) is 47.3 Å². The van der Waals surface area contributed by atoms with Gasteiger partial charge in [0.1, 0.15) is 13.2 Å². The summed E-state index contributed by atoms with van der Waals surface area (Å²) in [5.74, 6) is -1.69. The average molecular weight is 485 g/mol. The molecule has 34 heavy (non-hydrogen) atoms. The van der Waals surface area contributed by atoms with E-state index in [1.807, 2.05) is 0 Å². The van der Waals surface area contributed by atoms with Crippen molar-refractivity contribution in [2.45, 2.75) is 122 Å². The third-order valence-electron chi connectivity index (χ3n) is 6.43. The molecule has 0 aromatic carbocycles. The maximum Gasteiger partial charge on any atom is 0.312 e. The number of carboxylic acid groups (broad SMARTS) is 2. The van der Waals surface area contributed by atoms with Crippen molar-refractivity contribution in [2.75, 3.05) is 13.2 Å². The summed E-state index contributed by atoms with van der Waals surface area (Å²) in [6.45, 7) is 0.396. The third-order valence-corrected chi connectivity index (χ3v) is 6.43. The van der Waals surface area contributed by atoms with Gasteiger partial charge in [-0.3, -0.25) is 19.2 Å². The van der Waals surface area contributed by atoms with Gasteiger partial charge in [0.2, 0.25) is 0 Å². The van der Waals surface area contributed by atoms with Crippen LogP contribution < -0.4 is 0 Å². The molecular weight excluding hydrogens is 440 g/mol. The molecule has 0 aromatic rings. The lowest BCUT2D eigenvalue weighted by atomic mass is 9.97. The number of esters is 2. The molecule has 1 heterocycles. The zero-order chi connectivity index (χ0) is 25.1. The van der Waals surface area contributed by atoms with Crippen molar-refractivity contribution in [3.05, 3.63) is 0 Å². The number of hydrogen-bond donors (Lipinski definition) is 2. The summed E-state index contributed by atoms with van der Waals surface area (Å²) >= 11 is 0. The maximum atomic E-state index is 11.9. The fourth-order valence-electron chi connectivity index (χ4n) is 4.10. The molecule has 2 rings (SSSR count). The van der Waals surface area contributed by atoms with Gasteiger partial charge in [0.05, 0.1) is 5.41 Å². The van der Waals surface area contributed by atoms with Gasteiger partial charge < -0.3 is 19.7 Å². The first-order valence-electron chi connectivity index (χ1n) is 13.1. The summed E-state index contributed by atoms with van der Waals surface area (Å²) in [7, 11) is 0. The second-order valence-electron chi connectivity index (χ2n) is 9.52. The Morgan fingerprint density at radius 2 is 1.12 bits per heavy atom. The summed E-state index contributed by atoms with van der Waals surface area (Å²) in [6, 6.07) is 0. The first-order chi connectivity index (χ1) is 16.4. The predicted octanol–water partition coefficient (Wildman–Crippen LogP) is 5.65. The van der Waals surface area contributed by atoms with E-state index in [-0.39, 0.29) is 43.4 Å². The zero-order valence-corrected chi connectivity index (χ0v) is 20.7. The lowest BCUT2D eigenvalue weighted by Crippen LogP contribution is -2.22. The van der Waals surface area contributed by atoms with Crippen LogP contribution in [0, 0.1) is 5.41 Å². The number of unbranched alkanes of at least 4 members (excludes halogenated alkanes) is 7. The van der Waals surface area contributed by atoms with Crippen molar-refractivity contribution < 1.29 is 38.9 Å². The molecule has 0 radical (unpaired) electrons. The van der Waals surface area contributed by atoms with Crippen LogP contribution in [0.1, 0.15) is 122 Å². The van der Waals surface area contributed by atoms with Crippen LogP contribution in [0.2, 0.25) is 0 Å². The lowest BCUT2D eigenvalue weighted by molar-refractivity contribution is -0.156. The summed E-state index contributed by atoms with van der Waals surface area (Å²) < 4.78 is 10.2. The molecule has 2 N–H and O–H groups in total. The van der Waals surface area contributed by atoms with Crippen LogP contribution in [0.25, 0.3) is 0 Å². The van der Waals surface area contributed by atoms with E-state index in [4.69, 9.17) is 19.7 Å². The predicted molar refractivity (Wildman–Crippen MR) is 127 cm³/mol. The van der Waals surface area contributed by atoms with Crippen LogP contribution in [0.15, 0.2) is 0 Å². The minimum absolute atomic E-state index is 0.0874. The first-order valence-corrected chi connectivity index (χ1v) is 13.1. The van der Waals surface area contributed by atoms with Gasteiger partial charge in [-0.2, -0.15) is 0 Å². The Labute approximate surface area is 203 Å². The quantitative estimate of drug-likeness (QED) is 0.284. The summed E-state index contributed by atoms with van der Waals surface area (Å²) in [4.78, 5) is 43.6. The molecule has 0 atom stereocenters. The highest BCUT2D eigenvalue weighted by Crippen LogP contribution is 2.51. The van der Waals surface area contributed by atoms with Crippen molar-refractivity contribution in [1.82, 2.24) is 0 Å². The molecule has 2 aliphatic rings. The van der Waals surface area contributed by atoms with Gasteiger partial charge in [0, 0.05) is 19.3 Å². The minimum Gasteiger partial charge on any atom is -0.481 e. The fourth-order valence-corrected chi connectivity index (χ4v) is 4.10. The van der Waals surface area contributed by atoms with Crippen molar-refractivity contribution >= 4 is 23.9 Å². The molecule has 0 aromatic heterocycles. The van der Waals surface area contributed by atoms with E-state index in [1.165, 1.54) is 0 Å². The van der Waals surface area contributed by atoms with Crippen LogP contribution in [0.4, 0.5) is 0 Å². The molecule has 1 saturated carbocycles. The van der Waals surface area contributed by atoms with Gasteiger partial charge in [0.25, 0.3) is 0 Å². The minimum atomic E-state index is -0.714. The van der Waals surface area contributed by atoms with Gasteiger partial charge in [-0.05, 0) is 38.5 Å². The molecule has 8 nitrogen and oxygen atoms in total. The first kappa shape index (κ1) is 29.9. The lowest BCUT2D eigenvalue weighted by Gasteiger charge is -2.15. The number of aliphatic carboxylic acids is 2. The molecule has 0 bridgehead atoms. The van der Waals surface area contributed by atoms with Crippen molar-refractivity contribution in [3.63, 3.8) is 0 Å². The summed E-state index contributed by atoms with van der Waals surface area (Å²) in [5, 5.41) is 16.8. The normalized spacial score (nSPS) is 18.6.